The van der Waals surface area contributed by atoms with Gasteiger partial charge in [-0.05, 0) is 31.5 Å². The summed E-state index contributed by atoms with van der Waals surface area (Å²) < 4.78 is 95.7. The lowest BCUT2D eigenvalue weighted by Crippen LogP contribution is -2.44. The van der Waals surface area contributed by atoms with Gasteiger partial charge in [0, 0.05) is 85.1 Å². The number of hydrogen-bond acceptors (Lipinski definition) is 6. The van der Waals surface area contributed by atoms with Crippen molar-refractivity contribution in [3.8, 4) is 0 Å². The molecule has 3 aliphatic rings. The number of amides is 2. The second-order valence-corrected chi connectivity index (χ2v) is 13.5. The number of aromatic nitrogens is 1. The van der Waals surface area contributed by atoms with Crippen LogP contribution >= 0.6 is 7.59 Å². The summed E-state index contributed by atoms with van der Waals surface area (Å²) in [5, 5.41) is 3.49. The maximum absolute atomic E-state index is 14.0. The number of hydrogen-bond donors (Lipinski definition) is 2. The molecule has 3 fully saturated rings. The quantitative estimate of drug-likeness (QED) is 0.293. The minimum Gasteiger partial charge on any atom is -0.347 e. The van der Waals surface area contributed by atoms with E-state index in [0.29, 0.717) is 25.3 Å². The molecular weight excluding hydrogens is 605 g/mol. The summed E-state index contributed by atoms with van der Waals surface area (Å²) in [5.74, 6) is -4.24. The van der Waals surface area contributed by atoms with Gasteiger partial charge in [0.15, 0.2) is 0 Å². The summed E-state index contributed by atoms with van der Waals surface area (Å²) >= 11 is 0. The van der Waals surface area contributed by atoms with E-state index in [-0.39, 0.29) is 19.6 Å². The first-order chi connectivity index (χ1) is 20.3. The van der Waals surface area contributed by atoms with E-state index in [1.54, 1.807) is 22.8 Å². The predicted molar refractivity (Wildman–Crippen MR) is 144 cm³/mol. The van der Waals surface area contributed by atoms with Gasteiger partial charge in [0.1, 0.15) is 0 Å². The SMILES string of the molecule is O=C(NCCN(CCNC(=O)C(F)(F)F)Cc1cccc(CN2CCCN3CCN4CCCN(CC2)P34=O)n1)C(F)(F)F. The third-order valence-electron chi connectivity index (χ3n) is 7.70. The molecule has 11 nitrogen and oxygen atoms in total. The Hall–Kier alpha value is -2.30. The molecule has 0 radical (unpaired) electrons. The van der Waals surface area contributed by atoms with Gasteiger partial charge in [-0.2, -0.15) is 26.3 Å². The summed E-state index contributed by atoms with van der Waals surface area (Å²) in [6.07, 6.45) is -8.32. The largest absolute Gasteiger partial charge is 0.471 e. The molecule has 0 saturated carbocycles. The Bertz CT molecular complexity index is 1140. The molecule has 3 saturated heterocycles. The Kier molecular flexibility index (Phi) is 11.1. The highest BCUT2D eigenvalue weighted by atomic mass is 31.2. The zero-order valence-corrected chi connectivity index (χ0v) is 24.6. The molecule has 0 aromatic carbocycles. The standard InChI is InChI=1S/C25H37F6N8O3P/c26-24(27,28)22(40)32-6-12-36(13-7-33-23(41)25(29,30)31)19-21-5-1-4-20(34-21)18-35-8-2-9-38-16-17-39-11-3-10-37(15-14-35)43(38,39)42/h1,4-5H,2-3,6-19H2,(H,32,40)(H,33,41). The molecule has 18 heteroatoms. The fraction of sp³-hybridized carbons (Fsp3) is 0.720. The number of halogens is 6. The van der Waals surface area contributed by atoms with E-state index in [9.17, 15) is 40.5 Å². The first-order valence-corrected chi connectivity index (χ1v) is 15.8. The zero-order valence-electron chi connectivity index (χ0n) is 23.7. The molecule has 4 rings (SSSR count). The van der Waals surface area contributed by atoms with Gasteiger partial charge in [0.2, 0.25) is 0 Å². The molecule has 1 aromatic heterocycles. The average molecular weight is 643 g/mol. The Morgan fingerprint density at radius 2 is 1.26 bits per heavy atom. The summed E-state index contributed by atoms with van der Waals surface area (Å²) in [4.78, 5) is 30.8. The number of alkyl halides is 6. The number of pyridine rings is 1. The molecule has 0 bridgehead atoms. The van der Waals surface area contributed by atoms with E-state index in [2.05, 4.69) is 23.9 Å². The van der Waals surface area contributed by atoms with Gasteiger partial charge >= 0.3 is 24.2 Å². The van der Waals surface area contributed by atoms with E-state index in [0.717, 1.165) is 57.8 Å². The lowest BCUT2D eigenvalue weighted by molar-refractivity contribution is -0.173. The van der Waals surface area contributed by atoms with Crippen molar-refractivity contribution in [1.82, 2.24) is 39.4 Å². The fourth-order valence-corrected chi connectivity index (χ4v) is 8.94. The lowest BCUT2D eigenvalue weighted by Gasteiger charge is -2.42. The molecule has 0 aliphatic carbocycles. The molecule has 1 atom stereocenters. The zero-order chi connectivity index (χ0) is 31.3. The first kappa shape index (κ1) is 33.6. The second kappa shape index (κ2) is 14.2. The van der Waals surface area contributed by atoms with E-state index >= 15 is 0 Å². The monoisotopic (exact) mass is 642 g/mol. The average Bonchev–Trinajstić information content (AvgIpc) is 3.29. The van der Waals surface area contributed by atoms with Crippen LogP contribution in [0, 0.1) is 0 Å². The minimum atomic E-state index is -5.06. The molecule has 242 valence electrons. The Morgan fingerprint density at radius 3 is 1.79 bits per heavy atom. The van der Waals surface area contributed by atoms with Crippen molar-refractivity contribution in [2.45, 2.75) is 38.3 Å². The van der Waals surface area contributed by atoms with Gasteiger partial charge in [-0.25, -0.2) is 14.0 Å². The summed E-state index contributed by atoms with van der Waals surface area (Å²) in [7, 11) is -2.70. The number of carbonyl (C=O) groups excluding carboxylic acids is 2. The fourth-order valence-electron chi connectivity index (χ4n) is 5.61. The maximum atomic E-state index is 14.0. The van der Waals surface area contributed by atoms with Crippen LogP contribution in [0.3, 0.4) is 0 Å². The maximum Gasteiger partial charge on any atom is 0.471 e. The molecule has 1 aromatic rings. The number of rotatable bonds is 10. The van der Waals surface area contributed by atoms with E-state index in [1.165, 1.54) is 4.90 Å². The molecule has 2 N–H and O–H groups in total. The molecule has 3 aliphatic heterocycles. The molecule has 4 heterocycles. The highest BCUT2D eigenvalue weighted by Gasteiger charge is 2.49. The molecule has 0 spiro atoms. The van der Waals surface area contributed by atoms with Crippen LogP contribution in [0.4, 0.5) is 26.3 Å². The minimum absolute atomic E-state index is 0.0688. The van der Waals surface area contributed by atoms with Gasteiger partial charge in [-0.15, -0.1) is 0 Å². The van der Waals surface area contributed by atoms with Gasteiger partial charge in [0.25, 0.3) is 7.59 Å². The normalized spacial score (nSPS) is 23.0. The second-order valence-electron chi connectivity index (χ2n) is 10.8. The number of nitrogens with one attached hydrogen (secondary N) is 2. The lowest BCUT2D eigenvalue weighted by atomic mass is 10.2. The first-order valence-electron chi connectivity index (χ1n) is 14.2. The van der Waals surface area contributed by atoms with E-state index in [1.807, 2.05) is 6.07 Å². The van der Waals surface area contributed by atoms with Crippen molar-refractivity contribution >= 4 is 19.4 Å². The van der Waals surface area contributed by atoms with Crippen molar-refractivity contribution in [1.29, 1.82) is 0 Å². The number of carbonyl (C=O) groups is 2. The van der Waals surface area contributed by atoms with Gasteiger partial charge in [-0.1, -0.05) is 6.07 Å². The smallest absolute Gasteiger partial charge is 0.347 e. The highest BCUT2D eigenvalue weighted by molar-refractivity contribution is 7.56. The van der Waals surface area contributed by atoms with Crippen molar-refractivity contribution < 1.29 is 40.5 Å². The Balaban J connectivity index is 1.37. The van der Waals surface area contributed by atoms with E-state index < -0.39 is 44.9 Å². The van der Waals surface area contributed by atoms with Crippen LogP contribution in [0.5, 0.6) is 0 Å². The Labute approximate surface area is 246 Å². The van der Waals surface area contributed by atoms with Crippen LogP contribution in [-0.2, 0) is 27.2 Å². The highest BCUT2D eigenvalue weighted by Crippen LogP contribution is 2.61. The number of nitrogens with zero attached hydrogens (tertiary/aromatic N) is 6. The van der Waals surface area contributed by atoms with Gasteiger partial charge in [-0.3, -0.25) is 28.9 Å². The van der Waals surface area contributed by atoms with Crippen LogP contribution < -0.4 is 10.6 Å². The van der Waals surface area contributed by atoms with Crippen molar-refractivity contribution in [3.05, 3.63) is 29.6 Å². The predicted octanol–water partition coefficient (Wildman–Crippen LogP) is 1.88. The molecule has 1 unspecified atom stereocenters. The topological polar surface area (TPSA) is 104 Å². The van der Waals surface area contributed by atoms with E-state index in [4.69, 9.17) is 0 Å². The van der Waals surface area contributed by atoms with Gasteiger partial charge < -0.3 is 10.6 Å². The van der Waals surface area contributed by atoms with Crippen LogP contribution in [-0.4, -0.2) is 131 Å². The molecule has 43 heavy (non-hydrogen) atoms. The van der Waals surface area contributed by atoms with Crippen molar-refractivity contribution in [3.63, 3.8) is 0 Å². The van der Waals surface area contributed by atoms with Crippen LogP contribution in [0.25, 0.3) is 0 Å². The molecule has 2 amide bonds. The van der Waals surface area contributed by atoms with Crippen molar-refractivity contribution in [2.24, 2.45) is 0 Å². The summed E-state index contributed by atoms with van der Waals surface area (Å²) in [6.45, 7) is 5.66. The Morgan fingerprint density at radius 1 is 0.767 bits per heavy atom. The van der Waals surface area contributed by atoms with Crippen LogP contribution in [0.15, 0.2) is 18.2 Å². The summed E-state index contributed by atoms with van der Waals surface area (Å²) in [5.41, 5.74) is 1.27. The van der Waals surface area contributed by atoms with Crippen LogP contribution in [0.2, 0.25) is 0 Å². The molecular formula is C25H37F6N8O3P. The van der Waals surface area contributed by atoms with Gasteiger partial charge in [0.05, 0.1) is 11.4 Å². The van der Waals surface area contributed by atoms with Crippen LogP contribution in [0.1, 0.15) is 24.2 Å². The third kappa shape index (κ3) is 8.88. The van der Waals surface area contributed by atoms with Crippen molar-refractivity contribution in [2.75, 3.05) is 78.5 Å². The summed E-state index contributed by atoms with van der Waals surface area (Å²) in [6, 6.07) is 5.32. The third-order valence-corrected chi connectivity index (χ3v) is 11.1.